The van der Waals surface area contributed by atoms with Crippen LogP contribution in [-0.2, 0) is 16.0 Å². The summed E-state index contributed by atoms with van der Waals surface area (Å²) in [5.41, 5.74) is 0.941. The van der Waals surface area contributed by atoms with Gasteiger partial charge in [-0.3, -0.25) is 4.79 Å². The van der Waals surface area contributed by atoms with E-state index in [1.54, 1.807) is 12.5 Å². The first-order chi connectivity index (χ1) is 7.34. The van der Waals surface area contributed by atoms with Gasteiger partial charge in [0.15, 0.2) is 0 Å². The van der Waals surface area contributed by atoms with Gasteiger partial charge in [-0.25, -0.2) is 0 Å². The summed E-state index contributed by atoms with van der Waals surface area (Å²) in [5.74, 6) is 0.222. The molecule has 2 heterocycles. The molecule has 0 aromatic carbocycles. The molecule has 1 saturated heterocycles. The molecule has 1 aliphatic rings. The van der Waals surface area contributed by atoms with Crippen LogP contribution in [0, 0.1) is 0 Å². The van der Waals surface area contributed by atoms with Crippen LogP contribution in [0.2, 0.25) is 0 Å². The molecule has 15 heavy (non-hydrogen) atoms. The molecule has 4 heteroatoms. The molecular formula is C11H15NO3. The Morgan fingerprint density at radius 1 is 1.60 bits per heavy atom. The fourth-order valence-electron chi connectivity index (χ4n) is 1.72. The molecule has 0 amide bonds. The second kappa shape index (κ2) is 5.09. The number of carbonyl (C=O) groups excluding carboxylic acids is 1. The first-order valence-corrected chi connectivity index (χ1v) is 5.18. The third-order valence-corrected chi connectivity index (χ3v) is 2.45. The van der Waals surface area contributed by atoms with E-state index in [0.29, 0.717) is 19.4 Å². The molecule has 82 valence electrons. The van der Waals surface area contributed by atoms with E-state index in [2.05, 4.69) is 5.32 Å². The molecule has 4 nitrogen and oxygen atoms in total. The summed E-state index contributed by atoms with van der Waals surface area (Å²) >= 11 is 0. The molecular weight excluding hydrogens is 194 g/mol. The van der Waals surface area contributed by atoms with Gasteiger partial charge in [-0.1, -0.05) is 0 Å². The molecule has 1 aromatic rings. The molecule has 0 bridgehead atoms. The predicted molar refractivity (Wildman–Crippen MR) is 54.6 cm³/mol. The number of hydrogen-bond donors (Lipinski definition) is 1. The lowest BCUT2D eigenvalue weighted by Crippen LogP contribution is -2.42. The number of hydrogen-bond acceptors (Lipinski definition) is 4. The number of rotatable bonds is 4. The largest absolute Gasteiger partial charge is 0.472 e. The van der Waals surface area contributed by atoms with Crippen molar-refractivity contribution in [3.05, 3.63) is 24.2 Å². The SMILES string of the molecule is O=C(Cc1ccoc1)CC1COCCN1. The van der Waals surface area contributed by atoms with E-state index in [1.807, 2.05) is 6.07 Å². The van der Waals surface area contributed by atoms with Crippen LogP contribution >= 0.6 is 0 Å². The Balaban J connectivity index is 1.76. The quantitative estimate of drug-likeness (QED) is 0.795. The first kappa shape index (κ1) is 10.4. The summed E-state index contributed by atoms with van der Waals surface area (Å²) < 4.78 is 10.2. The van der Waals surface area contributed by atoms with E-state index in [-0.39, 0.29) is 11.8 Å². The van der Waals surface area contributed by atoms with Gasteiger partial charge in [0.1, 0.15) is 5.78 Å². The number of ketones is 1. The average molecular weight is 209 g/mol. The van der Waals surface area contributed by atoms with E-state index in [9.17, 15) is 4.79 Å². The Hall–Kier alpha value is -1.13. The van der Waals surface area contributed by atoms with Crippen molar-refractivity contribution in [1.29, 1.82) is 0 Å². The molecule has 1 aliphatic heterocycles. The Morgan fingerprint density at radius 3 is 3.20 bits per heavy atom. The van der Waals surface area contributed by atoms with Crippen LogP contribution in [0.25, 0.3) is 0 Å². The van der Waals surface area contributed by atoms with Crippen molar-refractivity contribution in [3.8, 4) is 0 Å². The molecule has 1 aromatic heterocycles. The van der Waals surface area contributed by atoms with Gasteiger partial charge in [0.05, 0.1) is 25.7 Å². The Bertz CT molecular complexity index is 302. The van der Waals surface area contributed by atoms with Gasteiger partial charge in [0.25, 0.3) is 0 Å². The van der Waals surface area contributed by atoms with Gasteiger partial charge in [-0.15, -0.1) is 0 Å². The zero-order valence-corrected chi connectivity index (χ0v) is 8.57. The first-order valence-electron chi connectivity index (χ1n) is 5.18. The molecule has 1 atom stereocenters. The molecule has 0 saturated carbocycles. The summed E-state index contributed by atoms with van der Waals surface area (Å²) in [6, 6.07) is 2.00. The van der Waals surface area contributed by atoms with E-state index >= 15 is 0 Å². The topological polar surface area (TPSA) is 51.5 Å². The number of carbonyl (C=O) groups is 1. The lowest BCUT2D eigenvalue weighted by atomic mass is 10.1. The smallest absolute Gasteiger partial charge is 0.139 e. The molecule has 0 radical (unpaired) electrons. The predicted octanol–water partition coefficient (Wildman–Crippen LogP) is 0.770. The van der Waals surface area contributed by atoms with E-state index in [1.165, 1.54) is 0 Å². The van der Waals surface area contributed by atoms with Gasteiger partial charge >= 0.3 is 0 Å². The van der Waals surface area contributed by atoms with Crippen LogP contribution in [0.3, 0.4) is 0 Å². The minimum absolute atomic E-state index is 0.179. The van der Waals surface area contributed by atoms with Crippen molar-refractivity contribution in [1.82, 2.24) is 5.32 Å². The highest BCUT2D eigenvalue weighted by Crippen LogP contribution is 2.06. The number of nitrogens with one attached hydrogen (secondary N) is 1. The van der Waals surface area contributed by atoms with Crippen LogP contribution in [0.4, 0.5) is 0 Å². The molecule has 1 N–H and O–H groups in total. The molecule has 1 unspecified atom stereocenters. The van der Waals surface area contributed by atoms with E-state index < -0.39 is 0 Å². The molecule has 0 aliphatic carbocycles. The average Bonchev–Trinajstić information content (AvgIpc) is 2.71. The third-order valence-electron chi connectivity index (χ3n) is 2.45. The van der Waals surface area contributed by atoms with Crippen molar-refractivity contribution in [3.63, 3.8) is 0 Å². The van der Waals surface area contributed by atoms with Crippen molar-refractivity contribution < 1.29 is 13.9 Å². The summed E-state index contributed by atoms with van der Waals surface area (Å²) in [6.45, 7) is 2.22. The van der Waals surface area contributed by atoms with Gasteiger partial charge in [0.2, 0.25) is 0 Å². The number of morpholine rings is 1. The second-order valence-electron chi connectivity index (χ2n) is 3.78. The third kappa shape index (κ3) is 3.18. The lowest BCUT2D eigenvalue weighted by molar-refractivity contribution is -0.119. The van der Waals surface area contributed by atoms with Gasteiger partial charge < -0.3 is 14.5 Å². The van der Waals surface area contributed by atoms with Gasteiger partial charge in [-0.2, -0.15) is 0 Å². The van der Waals surface area contributed by atoms with Crippen molar-refractivity contribution in [2.24, 2.45) is 0 Å². The second-order valence-corrected chi connectivity index (χ2v) is 3.78. The summed E-state index contributed by atoms with van der Waals surface area (Å²) in [6.07, 6.45) is 4.19. The zero-order valence-electron chi connectivity index (χ0n) is 8.57. The summed E-state index contributed by atoms with van der Waals surface area (Å²) in [7, 11) is 0. The monoisotopic (exact) mass is 209 g/mol. The molecule has 1 fully saturated rings. The molecule has 0 spiro atoms. The highest BCUT2D eigenvalue weighted by Gasteiger charge is 2.16. The lowest BCUT2D eigenvalue weighted by Gasteiger charge is -2.22. The maximum Gasteiger partial charge on any atom is 0.139 e. The minimum Gasteiger partial charge on any atom is -0.472 e. The van der Waals surface area contributed by atoms with Gasteiger partial charge in [-0.05, 0) is 11.6 Å². The van der Waals surface area contributed by atoms with E-state index in [4.69, 9.17) is 9.15 Å². The van der Waals surface area contributed by atoms with Crippen molar-refractivity contribution in [2.75, 3.05) is 19.8 Å². The van der Waals surface area contributed by atoms with Crippen LogP contribution in [0.1, 0.15) is 12.0 Å². The number of Topliss-reactive ketones (excluding diaryl/α,β-unsaturated/α-hetero) is 1. The normalized spacial score (nSPS) is 21.5. The highest BCUT2D eigenvalue weighted by atomic mass is 16.5. The minimum atomic E-state index is 0.179. The summed E-state index contributed by atoms with van der Waals surface area (Å²) in [5, 5.41) is 3.26. The number of ether oxygens (including phenoxy) is 1. The maximum atomic E-state index is 11.6. The van der Waals surface area contributed by atoms with Crippen molar-refractivity contribution >= 4 is 5.78 Å². The van der Waals surface area contributed by atoms with Crippen LogP contribution in [0.5, 0.6) is 0 Å². The Morgan fingerprint density at radius 2 is 2.53 bits per heavy atom. The Labute approximate surface area is 88.6 Å². The standard InChI is InChI=1S/C11H15NO3/c13-11(5-9-1-3-14-7-9)6-10-8-15-4-2-12-10/h1,3,7,10,12H,2,4-6,8H2. The fraction of sp³-hybridized carbons (Fsp3) is 0.545. The van der Waals surface area contributed by atoms with Crippen LogP contribution < -0.4 is 5.32 Å². The Kier molecular flexibility index (Phi) is 3.53. The molecule has 2 rings (SSSR count). The van der Waals surface area contributed by atoms with E-state index in [0.717, 1.165) is 18.7 Å². The highest BCUT2D eigenvalue weighted by molar-refractivity contribution is 5.81. The van der Waals surface area contributed by atoms with Crippen LogP contribution in [-0.4, -0.2) is 31.6 Å². The maximum absolute atomic E-state index is 11.6. The number of furan rings is 1. The van der Waals surface area contributed by atoms with Crippen LogP contribution in [0.15, 0.2) is 23.0 Å². The summed E-state index contributed by atoms with van der Waals surface area (Å²) in [4.78, 5) is 11.6. The van der Waals surface area contributed by atoms with Crippen molar-refractivity contribution in [2.45, 2.75) is 18.9 Å². The zero-order chi connectivity index (χ0) is 10.5. The fourth-order valence-corrected chi connectivity index (χ4v) is 1.72. The van der Waals surface area contributed by atoms with Gasteiger partial charge in [0, 0.05) is 25.4 Å².